The number of amides is 1. The van der Waals surface area contributed by atoms with E-state index >= 15 is 0 Å². The molecule has 4 N–H and O–H groups in total. The van der Waals surface area contributed by atoms with Crippen LogP contribution in [0.4, 0.5) is 0 Å². The van der Waals surface area contributed by atoms with Crippen LogP contribution in [0.1, 0.15) is 29.3 Å². The smallest absolute Gasteiger partial charge is 0.360 e. The summed E-state index contributed by atoms with van der Waals surface area (Å²) in [4.78, 5) is 30.6. The Labute approximate surface area is 181 Å². The number of benzene rings is 2. The minimum Gasteiger partial charge on any atom is -0.382 e. The van der Waals surface area contributed by atoms with Gasteiger partial charge in [0, 0.05) is 29.2 Å². The average Bonchev–Trinajstić information content (AvgIpc) is 3.09. The number of aromatic amines is 1. The summed E-state index contributed by atoms with van der Waals surface area (Å²) in [5.41, 5.74) is 7.68. The molecule has 7 heteroatoms. The van der Waals surface area contributed by atoms with Crippen molar-refractivity contribution in [2.75, 3.05) is 6.54 Å². The number of rotatable bonds is 8. The summed E-state index contributed by atoms with van der Waals surface area (Å²) in [6.45, 7) is 4.99. The van der Waals surface area contributed by atoms with Gasteiger partial charge in [-0.25, -0.2) is 4.79 Å². The SMILES string of the molecule is Cc1[nH]c2ccccc2c1CCNCc1ccc(C=CC(=O)NOC(=O)C(C)O)cc1. The molecule has 0 bridgehead atoms. The Morgan fingerprint density at radius 3 is 2.65 bits per heavy atom. The number of fused-ring (bicyclic) bond motifs is 1. The maximum absolute atomic E-state index is 11.6. The number of H-pyrrole nitrogens is 1. The number of para-hydroxylation sites is 1. The molecule has 0 spiro atoms. The number of hydroxylamine groups is 1. The van der Waals surface area contributed by atoms with Gasteiger partial charge in [-0.05, 0) is 55.6 Å². The first kappa shape index (κ1) is 22.3. The molecule has 0 saturated heterocycles. The van der Waals surface area contributed by atoms with Gasteiger partial charge in [0.15, 0.2) is 6.10 Å². The van der Waals surface area contributed by atoms with E-state index in [4.69, 9.17) is 5.11 Å². The van der Waals surface area contributed by atoms with Crippen LogP contribution in [0.25, 0.3) is 17.0 Å². The van der Waals surface area contributed by atoms with Gasteiger partial charge in [-0.3, -0.25) is 4.79 Å². The van der Waals surface area contributed by atoms with Gasteiger partial charge < -0.3 is 20.2 Å². The predicted octanol–water partition coefficient (Wildman–Crippen LogP) is 2.78. The van der Waals surface area contributed by atoms with Crippen molar-refractivity contribution in [2.45, 2.75) is 32.9 Å². The molecule has 7 nitrogen and oxygen atoms in total. The molecule has 0 aliphatic rings. The summed E-state index contributed by atoms with van der Waals surface area (Å²) in [5, 5.41) is 13.8. The maximum Gasteiger partial charge on any atom is 0.360 e. The molecular formula is C24H27N3O4. The molecule has 1 heterocycles. The molecule has 0 radical (unpaired) electrons. The molecule has 1 amide bonds. The highest BCUT2D eigenvalue weighted by Gasteiger charge is 2.11. The molecule has 3 aromatic rings. The van der Waals surface area contributed by atoms with Crippen molar-refractivity contribution < 1.29 is 19.5 Å². The Morgan fingerprint density at radius 1 is 1.16 bits per heavy atom. The second kappa shape index (κ2) is 10.6. The van der Waals surface area contributed by atoms with E-state index in [9.17, 15) is 9.59 Å². The fourth-order valence-corrected chi connectivity index (χ4v) is 3.24. The number of aliphatic hydroxyl groups is 1. The Kier molecular flexibility index (Phi) is 7.59. The molecule has 0 aliphatic heterocycles. The van der Waals surface area contributed by atoms with E-state index in [-0.39, 0.29) is 0 Å². The van der Waals surface area contributed by atoms with Crippen molar-refractivity contribution >= 4 is 28.9 Å². The lowest BCUT2D eigenvalue weighted by atomic mass is 10.1. The first-order valence-electron chi connectivity index (χ1n) is 10.2. The minimum absolute atomic E-state index is 0.590. The number of carbonyl (C=O) groups excluding carboxylic acids is 2. The first-order valence-corrected chi connectivity index (χ1v) is 10.2. The van der Waals surface area contributed by atoms with Crippen LogP contribution in [0.15, 0.2) is 54.6 Å². The third kappa shape index (κ3) is 6.28. The summed E-state index contributed by atoms with van der Waals surface area (Å²) >= 11 is 0. The van der Waals surface area contributed by atoms with E-state index < -0.39 is 18.0 Å². The van der Waals surface area contributed by atoms with Crippen LogP contribution in [0, 0.1) is 6.92 Å². The third-order valence-electron chi connectivity index (χ3n) is 4.91. The van der Waals surface area contributed by atoms with Gasteiger partial charge in [0.25, 0.3) is 5.91 Å². The van der Waals surface area contributed by atoms with Gasteiger partial charge in [-0.2, -0.15) is 5.48 Å². The molecular weight excluding hydrogens is 394 g/mol. The van der Waals surface area contributed by atoms with Gasteiger partial charge >= 0.3 is 5.97 Å². The van der Waals surface area contributed by atoms with E-state index in [1.807, 2.05) is 35.8 Å². The molecule has 1 aromatic heterocycles. The summed E-state index contributed by atoms with van der Waals surface area (Å²) < 4.78 is 0. The van der Waals surface area contributed by atoms with Crippen LogP contribution in [0.5, 0.6) is 0 Å². The highest BCUT2D eigenvalue weighted by molar-refractivity contribution is 5.92. The quantitative estimate of drug-likeness (QED) is 0.254. The van der Waals surface area contributed by atoms with Crippen molar-refractivity contribution in [3.8, 4) is 0 Å². The van der Waals surface area contributed by atoms with E-state index in [0.717, 1.165) is 30.6 Å². The van der Waals surface area contributed by atoms with E-state index in [1.165, 1.54) is 35.2 Å². The third-order valence-corrected chi connectivity index (χ3v) is 4.91. The zero-order chi connectivity index (χ0) is 22.2. The van der Waals surface area contributed by atoms with Gasteiger partial charge in [0.2, 0.25) is 0 Å². The van der Waals surface area contributed by atoms with E-state index in [2.05, 4.69) is 40.3 Å². The summed E-state index contributed by atoms with van der Waals surface area (Å²) in [5.74, 6) is -1.51. The molecule has 162 valence electrons. The molecule has 31 heavy (non-hydrogen) atoms. The van der Waals surface area contributed by atoms with Crippen LogP contribution in [0.2, 0.25) is 0 Å². The number of carbonyl (C=O) groups is 2. The lowest BCUT2D eigenvalue weighted by molar-refractivity contribution is -0.164. The zero-order valence-corrected chi connectivity index (χ0v) is 17.6. The van der Waals surface area contributed by atoms with Gasteiger partial charge in [-0.1, -0.05) is 42.5 Å². The van der Waals surface area contributed by atoms with Gasteiger partial charge in [0.1, 0.15) is 0 Å². The number of nitrogens with one attached hydrogen (secondary N) is 3. The van der Waals surface area contributed by atoms with Crippen molar-refractivity contribution in [2.24, 2.45) is 0 Å². The summed E-state index contributed by atoms with van der Waals surface area (Å²) in [7, 11) is 0. The molecule has 0 saturated carbocycles. The lowest BCUT2D eigenvalue weighted by Gasteiger charge is -2.06. The number of aliphatic hydroxyl groups excluding tert-OH is 1. The predicted molar refractivity (Wildman–Crippen MR) is 120 cm³/mol. The van der Waals surface area contributed by atoms with Crippen LogP contribution in [-0.2, 0) is 27.4 Å². The Hall–Kier alpha value is -3.42. The highest BCUT2D eigenvalue weighted by atomic mass is 16.7. The van der Waals surface area contributed by atoms with Crippen LogP contribution in [0.3, 0.4) is 0 Å². The number of aromatic nitrogens is 1. The Balaban J connectivity index is 1.43. The molecule has 3 rings (SSSR count). The summed E-state index contributed by atoms with van der Waals surface area (Å²) in [6.07, 6.45) is 2.52. The molecule has 0 fully saturated rings. The number of hydrogen-bond donors (Lipinski definition) is 4. The highest BCUT2D eigenvalue weighted by Crippen LogP contribution is 2.21. The second-order valence-electron chi connectivity index (χ2n) is 7.34. The molecule has 1 atom stereocenters. The topological polar surface area (TPSA) is 103 Å². The lowest BCUT2D eigenvalue weighted by Crippen LogP contribution is -2.30. The van der Waals surface area contributed by atoms with Crippen LogP contribution < -0.4 is 10.8 Å². The summed E-state index contributed by atoms with van der Waals surface area (Å²) in [6, 6.07) is 16.2. The molecule has 1 unspecified atom stereocenters. The Morgan fingerprint density at radius 2 is 1.90 bits per heavy atom. The van der Waals surface area contributed by atoms with Crippen molar-refractivity contribution in [1.82, 2.24) is 15.8 Å². The second-order valence-corrected chi connectivity index (χ2v) is 7.34. The van der Waals surface area contributed by atoms with E-state index in [1.54, 1.807) is 6.08 Å². The van der Waals surface area contributed by atoms with Crippen molar-refractivity contribution in [3.05, 3.63) is 77.0 Å². The average molecular weight is 421 g/mol. The molecule has 2 aromatic carbocycles. The monoisotopic (exact) mass is 421 g/mol. The standard InChI is InChI=1S/C24H27N3O4/c1-16-20(21-5-3-4-6-22(21)26-16)13-14-25-15-19-9-7-18(8-10-19)11-12-23(29)27-31-24(30)17(2)28/h3-12,17,25-26,28H,13-15H2,1-2H3,(H,27,29). The first-order chi connectivity index (χ1) is 14.9. The number of aryl methyl sites for hydroxylation is 1. The largest absolute Gasteiger partial charge is 0.382 e. The zero-order valence-electron chi connectivity index (χ0n) is 17.6. The fraction of sp³-hybridized carbons (Fsp3) is 0.250. The maximum atomic E-state index is 11.6. The Bertz CT molecular complexity index is 1070. The van der Waals surface area contributed by atoms with E-state index in [0.29, 0.717) is 0 Å². The van der Waals surface area contributed by atoms with Crippen LogP contribution in [-0.4, -0.2) is 34.6 Å². The van der Waals surface area contributed by atoms with Crippen LogP contribution >= 0.6 is 0 Å². The minimum atomic E-state index is -1.29. The number of hydrogen-bond acceptors (Lipinski definition) is 5. The van der Waals surface area contributed by atoms with Crippen molar-refractivity contribution in [1.29, 1.82) is 0 Å². The normalized spacial score (nSPS) is 12.2. The molecule has 0 aliphatic carbocycles. The van der Waals surface area contributed by atoms with Crippen molar-refractivity contribution in [3.63, 3.8) is 0 Å². The van der Waals surface area contributed by atoms with Gasteiger partial charge in [-0.15, -0.1) is 0 Å². The fourth-order valence-electron chi connectivity index (χ4n) is 3.24. The van der Waals surface area contributed by atoms with Gasteiger partial charge in [0.05, 0.1) is 0 Å².